The number of aliphatic hydroxyl groups excluding tert-OH is 1. The Morgan fingerprint density at radius 1 is 1.43 bits per heavy atom. The van der Waals surface area contributed by atoms with Crippen LogP contribution in [0.3, 0.4) is 0 Å². The number of halogens is 2. The summed E-state index contributed by atoms with van der Waals surface area (Å²) in [6, 6.07) is 0. The minimum absolute atomic E-state index is 0.0800. The number of aliphatic hydroxyl groups is 1. The van der Waals surface area contributed by atoms with Gasteiger partial charge in [0.05, 0.1) is 12.7 Å². The van der Waals surface area contributed by atoms with Crippen molar-refractivity contribution in [3.63, 3.8) is 0 Å². The lowest BCUT2D eigenvalue weighted by Crippen LogP contribution is -2.25. The first-order valence-electron chi connectivity index (χ1n) is 6.56. The highest BCUT2D eigenvalue weighted by molar-refractivity contribution is 5.63. The van der Waals surface area contributed by atoms with Gasteiger partial charge in [0.1, 0.15) is 23.8 Å². The monoisotopic (exact) mass is 301 g/mol. The molecule has 1 atom stereocenters. The van der Waals surface area contributed by atoms with Crippen molar-refractivity contribution in [3.05, 3.63) is 35.8 Å². The van der Waals surface area contributed by atoms with E-state index in [1.807, 2.05) is 13.8 Å². The molecule has 0 saturated carbocycles. The first kappa shape index (κ1) is 15.7. The largest absolute Gasteiger partial charge is 0.444 e. The quantitative estimate of drug-likeness (QED) is 0.875. The predicted octanol–water partition coefficient (Wildman–Crippen LogP) is 2.87. The van der Waals surface area contributed by atoms with Crippen molar-refractivity contribution in [2.45, 2.75) is 45.7 Å². The van der Waals surface area contributed by atoms with Crippen molar-refractivity contribution in [2.75, 3.05) is 0 Å². The summed E-state index contributed by atoms with van der Waals surface area (Å²) in [5.74, 6) is 0.417. The number of allylic oxidation sites excluding steroid dienone is 2. The van der Waals surface area contributed by atoms with Gasteiger partial charge >= 0.3 is 6.61 Å². The zero-order valence-corrected chi connectivity index (χ0v) is 11.8. The van der Waals surface area contributed by atoms with Crippen molar-refractivity contribution in [1.29, 1.82) is 0 Å². The highest BCUT2D eigenvalue weighted by Crippen LogP contribution is 2.30. The lowest BCUT2D eigenvalue weighted by molar-refractivity contribution is -0.122. The second-order valence-corrected chi connectivity index (χ2v) is 4.82. The van der Waals surface area contributed by atoms with Crippen LogP contribution in [0.5, 0.6) is 0 Å². The van der Waals surface area contributed by atoms with Crippen LogP contribution in [0.2, 0.25) is 0 Å². The molecule has 0 saturated heterocycles. The Kier molecular flexibility index (Phi) is 5.08. The van der Waals surface area contributed by atoms with E-state index in [2.05, 4.69) is 9.72 Å². The number of hydrogen-bond donors (Lipinski definition) is 1. The van der Waals surface area contributed by atoms with E-state index in [9.17, 15) is 8.78 Å². The van der Waals surface area contributed by atoms with Crippen LogP contribution in [0.4, 0.5) is 8.78 Å². The van der Waals surface area contributed by atoms with Gasteiger partial charge in [-0.3, -0.25) is 0 Å². The van der Waals surface area contributed by atoms with Gasteiger partial charge in [0.15, 0.2) is 0 Å². The molecule has 1 heterocycles. The van der Waals surface area contributed by atoms with E-state index in [0.29, 0.717) is 23.6 Å². The second kappa shape index (κ2) is 6.82. The standard InChI is InChI=1S/C14H17F2NO4/c1-8(2)20-12-5-9(3-4-11(12)21-14(15)16)13-17-10(6-18)7-19-13/h3-4,7-8,12,14,18H,5-6H2,1-2H3. The van der Waals surface area contributed by atoms with Gasteiger partial charge < -0.3 is 19.0 Å². The third-order valence-corrected chi connectivity index (χ3v) is 2.82. The minimum Gasteiger partial charge on any atom is -0.444 e. The number of rotatable bonds is 6. The molecule has 0 aliphatic heterocycles. The molecule has 116 valence electrons. The minimum atomic E-state index is -2.90. The van der Waals surface area contributed by atoms with E-state index in [-0.39, 0.29) is 18.5 Å². The first-order chi connectivity index (χ1) is 9.99. The Bertz CT molecular complexity index is 537. The second-order valence-electron chi connectivity index (χ2n) is 4.82. The van der Waals surface area contributed by atoms with Gasteiger partial charge in [-0.1, -0.05) is 6.08 Å². The maximum Gasteiger partial charge on any atom is 0.387 e. The highest BCUT2D eigenvalue weighted by Gasteiger charge is 2.27. The Balaban J connectivity index is 2.20. The molecular formula is C14H17F2NO4. The fourth-order valence-electron chi connectivity index (χ4n) is 2.01. The summed E-state index contributed by atoms with van der Waals surface area (Å²) in [6.07, 6.45) is 3.93. The van der Waals surface area contributed by atoms with Gasteiger partial charge in [0, 0.05) is 12.0 Å². The fraction of sp³-hybridized carbons (Fsp3) is 0.500. The van der Waals surface area contributed by atoms with Crippen molar-refractivity contribution in [2.24, 2.45) is 0 Å². The molecule has 1 unspecified atom stereocenters. The van der Waals surface area contributed by atoms with Gasteiger partial charge in [-0.2, -0.15) is 8.78 Å². The molecular weight excluding hydrogens is 284 g/mol. The number of nitrogens with zero attached hydrogens (tertiary/aromatic N) is 1. The van der Waals surface area contributed by atoms with Crippen LogP contribution in [-0.2, 0) is 16.1 Å². The number of ether oxygens (including phenoxy) is 2. The SMILES string of the molecule is CC(C)OC1CC(c2nc(CO)co2)=CC=C1OC(F)F. The summed E-state index contributed by atoms with van der Waals surface area (Å²) in [5, 5.41) is 8.98. The lowest BCUT2D eigenvalue weighted by Gasteiger charge is -2.25. The molecule has 0 fully saturated rings. The summed E-state index contributed by atoms with van der Waals surface area (Å²) in [4.78, 5) is 4.09. The molecule has 1 aromatic rings. The molecule has 1 N–H and O–H groups in total. The molecule has 2 rings (SSSR count). The lowest BCUT2D eigenvalue weighted by atomic mass is 10.0. The smallest absolute Gasteiger partial charge is 0.387 e. The third-order valence-electron chi connectivity index (χ3n) is 2.82. The topological polar surface area (TPSA) is 64.7 Å². The molecule has 1 aromatic heterocycles. The zero-order chi connectivity index (χ0) is 15.4. The van der Waals surface area contributed by atoms with Crippen LogP contribution in [0.15, 0.2) is 28.6 Å². The number of aromatic nitrogens is 1. The number of oxazole rings is 1. The Morgan fingerprint density at radius 2 is 2.19 bits per heavy atom. The molecule has 0 bridgehead atoms. The average Bonchev–Trinajstić information content (AvgIpc) is 2.88. The van der Waals surface area contributed by atoms with Crippen LogP contribution < -0.4 is 0 Å². The van der Waals surface area contributed by atoms with E-state index < -0.39 is 12.7 Å². The molecule has 1 aliphatic carbocycles. The van der Waals surface area contributed by atoms with Crippen LogP contribution in [-0.4, -0.2) is 28.9 Å². The van der Waals surface area contributed by atoms with Crippen LogP contribution in [0, 0.1) is 0 Å². The van der Waals surface area contributed by atoms with Crippen LogP contribution >= 0.6 is 0 Å². The summed E-state index contributed by atoms with van der Waals surface area (Å²) >= 11 is 0. The summed E-state index contributed by atoms with van der Waals surface area (Å²) in [5.41, 5.74) is 1.10. The maximum absolute atomic E-state index is 12.4. The molecule has 1 aliphatic rings. The van der Waals surface area contributed by atoms with Crippen molar-refractivity contribution >= 4 is 5.57 Å². The fourth-order valence-corrected chi connectivity index (χ4v) is 2.01. The molecule has 5 nitrogen and oxygen atoms in total. The molecule has 0 amide bonds. The van der Waals surface area contributed by atoms with Crippen molar-refractivity contribution < 1.29 is 27.8 Å². The van der Waals surface area contributed by atoms with Gasteiger partial charge in [-0.05, 0) is 19.9 Å². The van der Waals surface area contributed by atoms with Crippen LogP contribution in [0.25, 0.3) is 5.57 Å². The summed E-state index contributed by atoms with van der Waals surface area (Å²) in [6.45, 7) is 0.505. The zero-order valence-electron chi connectivity index (χ0n) is 11.8. The number of alkyl halides is 2. The van der Waals surface area contributed by atoms with Gasteiger partial charge in [-0.25, -0.2) is 4.98 Å². The van der Waals surface area contributed by atoms with Crippen molar-refractivity contribution in [1.82, 2.24) is 4.98 Å². The highest BCUT2D eigenvalue weighted by atomic mass is 19.3. The van der Waals surface area contributed by atoms with Gasteiger partial charge in [0.2, 0.25) is 5.89 Å². The van der Waals surface area contributed by atoms with Gasteiger partial charge in [-0.15, -0.1) is 0 Å². The first-order valence-corrected chi connectivity index (χ1v) is 6.56. The van der Waals surface area contributed by atoms with Crippen LogP contribution in [0.1, 0.15) is 31.9 Å². The molecule has 0 radical (unpaired) electrons. The molecule has 0 spiro atoms. The summed E-state index contributed by atoms with van der Waals surface area (Å²) < 4.78 is 40.1. The van der Waals surface area contributed by atoms with Crippen molar-refractivity contribution in [3.8, 4) is 0 Å². The normalized spacial score (nSPS) is 18.9. The average molecular weight is 301 g/mol. The maximum atomic E-state index is 12.4. The van der Waals surface area contributed by atoms with E-state index >= 15 is 0 Å². The summed E-state index contributed by atoms with van der Waals surface area (Å²) in [7, 11) is 0. The van der Waals surface area contributed by atoms with E-state index in [0.717, 1.165) is 0 Å². The Morgan fingerprint density at radius 3 is 2.76 bits per heavy atom. The molecule has 7 heteroatoms. The predicted molar refractivity (Wildman–Crippen MR) is 70.2 cm³/mol. The molecule has 21 heavy (non-hydrogen) atoms. The number of hydrogen-bond acceptors (Lipinski definition) is 5. The van der Waals surface area contributed by atoms with E-state index in [1.165, 1.54) is 12.3 Å². The molecule has 0 aromatic carbocycles. The van der Waals surface area contributed by atoms with Gasteiger partial charge in [0.25, 0.3) is 0 Å². The Labute approximate surface area is 120 Å². The van der Waals surface area contributed by atoms with E-state index in [4.69, 9.17) is 14.3 Å². The van der Waals surface area contributed by atoms with E-state index in [1.54, 1.807) is 6.08 Å². The third kappa shape index (κ3) is 4.12. The Hall–Kier alpha value is -1.73.